The SMILES string of the molecule is CCOC(=O)c1ccc2nc(N3CCC(C(=O)NC[C@@H]4CC[C@H]5C[C@H]4C5(C)C)CC3)sc2c1. The lowest BCUT2D eigenvalue weighted by atomic mass is 9.45. The number of rotatable bonds is 6. The Hall–Kier alpha value is -2.15. The molecular formula is C26H35N3O3S. The molecule has 4 aliphatic rings. The largest absolute Gasteiger partial charge is 0.462 e. The van der Waals surface area contributed by atoms with E-state index in [1.165, 1.54) is 19.3 Å². The second-order valence-electron chi connectivity index (χ2n) is 10.6. The molecule has 33 heavy (non-hydrogen) atoms. The third kappa shape index (κ3) is 4.25. The van der Waals surface area contributed by atoms with Gasteiger partial charge in [0.15, 0.2) is 5.13 Å². The Morgan fingerprint density at radius 2 is 2.00 bits per heavy atom. The summed E-state index contributed by atoms with van der Waals surface area (Å²) in [5, 5.41) is 4.27. The van der Waals surface area contributed by atoms with E-state index in [4.69, 9.17) is 9.72 Å². The minimum absolute atomic E-state index is 0.0942. The Kier molecular flexibility index (Phi) is 6.10. The van der Waals surface area contributed by atoms with Crippen molar-refractivity contribution < 1.29 is 14.3 Å². The van der Waals surface area contributed by atoms with Crippen molar-refractivity contribution in [2.24, 2.45) is 29.1 Å². The highest BCUT2D eigenvalue weighted by Gasteiger charge is 2.54. The van der Waals surface area contributed by atoms with E-state index in [0.29, 0.717) is 23.5 Å². The van der Waals surface area contributed by atoms with E-state index in [1.807, 2.05) is 19.1 Å². The van der Waals surface area contributed by atoms with Crippen LogP contribution in [0, 0.1) is 29.1 Å². The lowest BCUT2D eigenvalue weighted by molar-refractivity contribution is -0.128. The molecule has 6 rings (SSSR count). The smallest absolute Gasteiger partial charge is 0.338 e. The van der Waals surface area contributed by atoms with Crippen LogP contribution in [0.25, 0.3) is 10.2 Å². The number of carbonyl (C=O) groups is 2. The first-order valence-corrected chi connectivity index (χ1v) is 13.3. The fourth-order valence-corrected chi connectivity index (χ4v) is 7.36. The highest BCUT2D eigenvalue weighted by Crippen LogP contribution is 2.61. The number of nitrogens with one attached hydrogen (secondary N) is 1. The molecule has 2 heterocycles. The number of hydrogen-bond acceptors (Lipinski definition) is 6. The zero-order valence-corrected chi connectivity index (χ0v) is 20.7. The van der Waals surface area contributed by atoms with Crippen LogP contribution in [0.3, 0.4) is 0 Å². The summed E-state index contributed by atoms with van der Waals surface area (Å²) in [6.07, 6.45) is 5.67. The number of benzene rings is 1. The average molecular weight is 470 g/mol. The molecule has 1 saturated heterocycles. The Bertz CT molecular complexity index is 1040. The van der Waals surface area contributed by atoms with E-state index in [0.717, 1.165) is 59.7 Å². The van der Waals surface area contributed by atoms with Crippen molar-refractivity contribution in [2.45, 2.75) is 52.9 Å². The number of amides is 1. The monoisotopic (exact) mass is 469 g/mol. The summed E-state index contributed by atoms with van der Waals surface area (Å²) < 4.78 is 6.10. The minimum atomic E-state index is -0.296. The number of fused-ring (bicyclic) bond motifs is 3. The molecule has 3 saturated carbocycles. The van der Waals surface area contributed by atoms with Crippen LogP contribution in [0.5, 0.6) is 0 Å². The Labute approximate surface area is 200 Å². The number of carbonyl (C=O) groups excluding carboxylic acids is 2. The summed E-state index contributed by atoms with van der Waals surface area (Å²) in [6.45, 7) is 9.52. The van der Waals surface area contributed by atoms with Crippen molar-refractivity contribution in [3.63, 3.8) is 0 Å². The van der Waals surface area contributed by atoms with Gasteiger partial charge in [-0.1, -0.05) is 25.2 Å². The second-order valence-corrected chi connectivity index (χ2v) is 11.6. The zero-order chi connectivity index (χ0) is 23.2. The van der Waals surface area contributed by atoms with E-state index in [-0.39, 0.29) is 17.8 Å². The lowest BCUT2D eigenvalue weighted by Gasteiger charge is -2.60. The van der Waals surface area contributed by atoms with Crippen LogP contribution in [0.15, 0.2) is 18.2 Å². The quantitative estimate of drug-likeness (QED) is 0.611. The van der Waals surface area contributed by atoms with Crippen molar-refractivity contribution in [2.75, 3.05) is 31.1 Å². The molecule has 1 aliphatic heterocycles. The first-order chi connectivity index (χ1) is 15.9. The van der Waals surface area contributed by atoms with Crippen LogP contribution < -0.4 is 10.2 Å². The molecule has 1 aromatic heterocycles. The molecule has 1 N–H and O–H groups in total. The van der Waals surface area contributed by atoms with Gasteiger partial charge < -0.3 is 15.0 Å². The summed E-state index contributed by atoms with van der Waals surface area (Å²) >= 11 is 1.60. The van der Waals surface area contributed by atoms with Gasteiger partial charge in [0.05, 0.1) is 22.4 Å². The molecule has 0 radical (unpaired) electrons. The molecule has 0 unspecified atom stereocenters. The van der Waals surface area contributed by atoms with Crippen molar-refractivity contribution in [1.29, 1.82) is 0 Å². The lowest BCUT2D eigenvalue weighted by Crippen LogP contribution is -2.55. The van der Waals surface area contributed by atoms with Crippen LogP contribution in [0.2, 0.25) is 0 Å². The van der Waals surface area contributed by atoms with E-state index in [2.05, 4.69) is 24.1 Å². The van der Waals surface area contributed by atoms with Gasteiger partial charge in [0.25, 0.3) is 0 Å². The third-order valence-corrected chi connectivity index (χ3v) is 9.64. The summed E-state index contributed by atoms with van der Waals surface area (Å²) in [5.41, 5.74) is 1.93. The highest BCUT2D eigenvalue weighted by molar-refractivity contribution is 7.22. The van der Waals surface area contributed by atoms with E-state index in [9.17, 15) is 9.59 Å². The van der Waals surface area contributed by atoms with Crippen molar-refractivity contribution in [3.8, 4) is 0 Å². The maximum atomic E-state index is 12.9. The van der Waals surface area contributed by atoms with Crippen LogP contribution in [-0.2, 0) is 9.53 Å². The molecule has 0 spiro atoms. The number of piperidine rings is 1. The van der Waals surface area contributed by atoms with E-state index in [1.54, 1.807) is 17.4 Å². The fourth-order valence-electron chi connectivity index (χ4n) is 6.30. The summed E-state index contributed by atoms with van der Waals surface area (Å²) in [4.78, 5) is 31.9. The average Bonchev–Trinajstić information content (AvgIpc) is 3.26. The van der Waals surface area contributed by atoms with E-state index < -0.39 is 0 Å². The fraction of sp³-hybridized carbons (Fsp3) is 0.654. The number of esters is 1. The van der Waals surface area contributed by atoms with Gasteiger partial charge >= 0.3 is 5.97 Å². The Balaban J connectivity index is 1.14. The van der Waals surface area contributed by atoms with Gasteiger partial charge in [0, 0.05) is 25.6 Å². The topological polar surface area (TPSA) is 71.5 Å². The molecule has 7 heteroatoms. The molecule has 2 bridgehead atoms. The highest BCUT2D eigenvalue weighted by atomic mass is 32.1. The van der Waals surface area contributed by atoms with Crippen molar-refractivity contribution >= 4 is 38.6 Å². The molecule has 3 aliphatic carbocycles. The number of thiazole rings is 1. The first kappa shape index (κ1) is 22.6. The van der Waals surface area contributed by atoms with Crippen LogP contribution >= 0.6 is 11.3 Å². The maximum absolute atomic E-state index is 12.9. The van der Waals surface area contributed by atoms with Crippen molar-refractivity contribution in [1.82, 2.24) is 10.3 Å². The number of hydrogen-bond donors (Lipinski definition) is 1. The zero-order valence-electron chi connectivity index (χ0n) is 19.9. The van der Waals surface area contributed by atoms with E-state index >= 15 is 0 Å². The number of aromatic nitrogens is 1. The molecule has 6 nitrogen and oxygen atoms in total. The van der Waals surface area contributed by atoms with Crippen LogP contribution in [0.4, 0.5) is 5.13 Å². The number of ether oxygens (including phenoxy) is 1. The third-order valence-electron chi connectivity index (χ3n) is 8.56. The van der Waals surface area contributed by atoms with Gasteiger partial charge in [-0.15, -0.1) is 0 Å². The van der Waals surface area contributed by atoms with Gasteiger partial charge in [-0.2, -0.15) is 0 Å². The Morgan fingerprint density at radius 3 is 2.70 bits per heavy atom. The number of nitrogens with zero attached hydrogens (tertiary/aromatic N) is 2. The van der Waals surface area contributed by atoms with Crippen molar-refractivity contribution in [3.05, 3.63) is 23.8 Å². The molecule has 4 fully saturated rings. The van der Waals surface area contributed by atoms with Crippen LogP contribution in [-0.4, -0.2) is 43.1 Å². The molecular weight excluding hydrogens is 434 g/mol. The van der Waals surface area contributed by atoms with Crippen LogP contribution in [0.1, 0.15) is 63.2 Å². The molecule has 1 aromatic carbocycles. The predicted molar refractivity (Wildman–Crippen MR) is 132 cm³/mol. The molecule has 1 amide bonds. The Morgan fingerprint density at radius 1 is 1.21 bits per heavy atom. The summed E-state index contributed by atoms with van der Waals surface area (Å²) in [7, 11) is 0. The molecule has 2 aromatic rings. The minimum Gasteiger partial charge on any atom is -0.462 e. The maximum Gasteiger partial charge on any atom is 0.338 e. The first-order valence-electron chi connectivity index (χ1n) is 12.5. The standard InChI is InChI=1S/C26H35N3O3S/c1-4-32-24(31)17-6-8-21-22(13-17)33-25(28-21)29-11-9-16(10-12-29)23(30)27-15-18-5-7-19-14-20(18)26(19,2)3/h6,8,13,16,18-20H,4-5,7,9-12,14-15H2,1-3H3,(H,27,30)/t18-,19-,20+/m0/s1. The number of anilines is 1. The van der Waals surface area contributed by atoms with Gasteiger partial charge in [0.2, 0.25) is 5.91 Å². The summed E-state index contributed by atoms with van der Waals surface area (Å²) in [6, 6.07) is 5.53. The molecule has 3 atom stereocenters. The van der Waals surface area contributed by atoms with Gasteiger partial charge in [0.1, 0.15) is 0 Å². The van der Waals surface area contributed by atoms with Gasteiger partial charge in [-0.05, 0) is 80.4 Å². The molecule has 178 valence electrons. The normalized spacial score (nSPS) is 26.6. The van der Waals surface area contributed by atoms with Gasteiger partial charge in [-0.3, -0.25) is 4.79 Å². The van der Waals surface area contributed by atoms with Gasteiger partial charge in [-0.25, -0.2) is 9.78 Å². The second kappa shape index (κ2) is 8.90. The summed E-state index contributed by atoms with van der Waals surface area (Å²) in [5.74, 6) is 2.36. The predicted octanol–water partition coefficient (Wildman–Crippen LogP) is 4.88.